The maximum atomic E-state index is 11.3. The van der Waals surface area contributed by atoms with Crippen molar-refractivity contribution in [3.8, 4) is 0 Å². The van der Waals surface area contributed by atoms with Gasteiger partial charge in [0.05, 0.1) is 21.8 Å². The molecule has 0 amide bonds. The fourth-order valence-corrected chi connectivity index (χ4v) is 2.64. The molecule has 0 saturated carbocycles. The summed E-state index contributed by atoms with van der Waals surface area (Å²) in [5.41, 5.74) is 1.85. The summed E-state index contributed by atoms with van der Waals surface area (Å²) < 4.78 is 11.1. The minimum absolute atomic E-state index is 0.376. The van der Waals surface area contributed by atoms with E-state index >= 15 is 0 Å². The van der Waals surface area contributed by atoms with Gasteiger partial charge in [-0.1, -0.05) is 0 Å². The number of hydrogen-bond acceptors (Lipinski definition) is 6. The predicted molar refractivity (Wildman–Crippen MR) is 89.0 cm³/mol. The van der Waals surface area contributed by atoms with Gasteiger partial charge in [0.2, 0.25) is 0 Å². The minimum Gasteiger partial charge on any atom is -0.463 e. The van der Waals surface area contributed by atoms with E-state index in [1.807, 2.05) is 13.8 Å². The lowest BCUT2D eigenvalue weighted by Crippen LogP contribution is -2.14. The predicted octanol–water partition coefficient (Wildman–Crippen LogP) is 2.65. The average Bonchev–Trinajstić information content (AvgIpc) is 2.61. The smallest absolute Gasteiger partial charge is 0.155 e. The van der Waals surface area contributed by atoms with Crippen LogP contribution in [0.15, 0.2) is 43.5 Å². The molecule has 24 heavy (non-hydrogen) atoms. The van der Waals surface area contributed by atoms with E-state index in [0.717, 1.165) is 0 Å². The summed E-state index contributed by atoms with van der Waals surface area (Å²) in [6, 6.07) is 3.53. The fraction of sp³-hybridized carbons (Fsp3) is 0.222. The fourth-order valence-electron chi connectivity index (χ4n) is 2.64. The highest BCUT2D eigenvalue weighted by Gasteiger charge is 2.11. The third kappa shape index (κ3) is 2.56. The standard InChI is InChI=1S/C18H16N2O4/c1-3-19-17-11(7-21)9-23-15-6-16-14(5-13(15)17)18(20-4-2)12(8-22)10-24-16/h5-10H,3-4H2,1-2H3. The molecule has 1 aromatic carbocycles. The van der Waals surface area contributed by atoms with E-state index in [1.165, 1.54) is 12.5 Å². The third-order valence-electron chi connectivity index (χ3n) is 3.65. The molecule has 0 spiro atoms. The number of fused-ring (bicyclic) bond motifs is 2. The van der Waals surface area contributed by atoms with Gasteiger partial charge in [0, 0.05) is 29.9 Å². The van der Waals surface area contributed by atoms with Gasteiger partial charge in [0.25, 0.3) is 0 Å². The van der Waals surface area contributed by atoms with Gasteiger partial charge in [-0.15, -0.1) is 0 Å². The molecule has 2 heterocycles. The third-order valence-corrected chi connectivity index (χ3v) is 3.65. The van der Waals surface area contributed by atoms with Crippen molar-refractivity contribution in [2.45, 2.75) is 13.8 Å². The summed E-state index contributed by atoms with van der Waals surface area (Å²) in [6.07, 6.45) is 4.19. The molecule has 0 aliphatic rings. The zero-order chi connectivity index (χ0) is 17.1. The Labute approximate surface area is 137 Å². The molecule has 0 aliphatic carbocycles. The second-order valence-corrected chi connectivity index (χ2v) is 5.11. The first kappa shape index (κ1) is 15.9. The topological polar surface area (TPSA) is 85.1 Å². The second kappa shape index (κ2) is 6.62. The van der Waals surface area contributed by atoms with Crippen LogP contribution < -0.4 is 10.7 Å². The van der Waals surface area contributed by atoms with Crippen LogP contribution in [-0.4, -0.2) is 25.7 Å². The normalized spacial score (nSPS) is 12.9. The zero-order valence-electron chi connectivity index (χ0n) is 13.4. The Hall–Kier alpha value is -3.02. The van der Waals surface area contributed by atoms with Crippen molar-refractivity contribution in [1.82, 2.24) is 0 Å². The summed E-state index contributed by atoms with van der Waals surface area (Å²) in [7, 11) is 0. The van der Waals surface area contributed by atoms with Gasteiger partial charge in [0.15, 0.2) is 12.6 Å². The van der Waals surface area contributed by atoms with E-state index in [9.17, 15) is 9.59 Å². The van der Waals surface area contributed by atoms with Crippen LogP contribution in [0.2, 0.25) is 0 Å². The Morgan fingerprint density at radius 2 is 1.29 bits per heavy atom. The van der Waals surface area contributed by atoms with E-state index in [1.54, 1.807) is 12.1 Å². The highest BCUT2D eigenvalue weighted by Crippen LogP contribution is 2.19. The number of rotatable bonds is 4. The van der Waals surface area contributed by atoms with Crippen molar-refractivity contribution < 1.29 is 18.4 Å². The highest BCUT2D eigenvalue weighted by atomic mass is 16.3. The number of carbonyl (C=O) groups excluding carboxylic acids is 2. The van der Waals surface area contributed by atoms with Crippen LogP contribution in [0.3, 0.4) is 0 Å². The van der Waals surface area contributed by atoms with E-state index in [4.69, 9.17) is 8.83 Å². The van der Waals surface area contributed by atoms with Crippen molar-refractivity contribution in [2.75, 3.05) is 13.1 Å². The Morgan fingerprint density at radius 3 is 1.67 bits per heavy atom. The first-order chi connectivity index (χ1) is 11.7. The lowest BCUT2D eigenvalue weighted by molar-refractivity contribution is 0.111. The summed E-state index contributed by atoms with van der Waals surface area (Å²) in [5.74, 6) is 0. The zero-order valence-corrected chi connectivity index (χ0v) is 13.4. The Kier molecular flexibility index (Phi) is 4.37. The van der Waals surface area contributed by atoms with Crippen molar-refractivity contribution in [2.24, 2.45) is 9.98 Å². The summed E-state index contributed by atoms with van der Waals surface area (Å²) >= 11 is 0. The number of hydrogen-bond donors (Lipinski definition) is 0. The number of carbonyl (C=O) groups is 2. The molecule has 0 unspecified atom stereocenters. The van der Waals surface area contributed by atoms with Crippen molar-refractivity contribution in [3.63, 3.8) is 0 Å². The maximum absolute atomic E-state index is 11.3. The van der Waals surface area contributed by atoms with Crippen LogP contribution >= 0.6 is 0 Å². The van der Waals surface area contributed by atoms with Gasteiger partial charge in [0.1, 0.15) is 23.7 Å². The quantitative estimate of drug-likeness (QED) is 0.545. The molecule has 0 radical (unpaired) electrons. The molecule has 0 saturated heterocycles. The molecule has 0 N–H and O–H groups in total. The molecule has 0 aliphatic heterocycles. The first-order valence-electron chi connectivity index (χ1n) is 7.65. The molecule has 0 fully saturated rings. The van der Waals surface area contributed by atoms with E-state index in [-0.39, 0.29) is 0 Å². The highest BCUT2D eigenvalue weighted by molar-refractivity contribution is 5.95. The van der Waals surface area contributed by atoms with Gasteiger partial charge in [-0.05, 0) is 19.9 Å². The van der Waals surface area contributed by atoms with Crippen LogP contribution in [0.4, 0.5) is 0 Å². The SMILES string of the molecule is CCN=c1c(C=O)coc2cc3occ(C=O)c(=NCC)c3cc12. The van der Waals surface area contributed by atoms with Gasteiger partial charge in [-0.25, -0.2) is 0 Å². The molecule has 122 valence electrons. The Balaban J connectivity index is 2.56. The van der Waals surface area contributed by atoms with Crippen LogP contribution in [0, 0.1) is 0 Å². The largest absolute Gasteiger partial charge is 0.463 e. The van der Waals surface area contributed by atoms with Gasteiger partial charge in [-0.2, -0.15) is 0 Å². The van der Waals surface area contributed by atoms with Crippen molar-refractivity contribution in [3.05, 3.63) is 46.5 Å². The van der Waals surface area contributed by atoms with E-state index in [0.29, 0.717) is 69.4 Å². The number of benzene rings is 1. The van der Waals surface area contributed by atoms with Crippen molar-refractivity contribution >= 4 is 34.5 Å². The van der Waals surface area contributed by atoms with Crippen LogP contribution in [0.5, 0.6) is 0 Å². The molecular formula is C18H16N2O4. The van der Waals surface area contributed by atoms with Crippen LogP contribution in [0.25, 0.3) is 21.9 Å². The maximum Gasteiger partial charge on any atom is 0.155 e. The monoisotopic (exact) mass is 324 g/mol. The number of aldehydes is 2. The van der Waals surface area contributed by atoms with Gasteiger partial charge < -0.3 is 8.83 Å². The molecule has 3 rings (SSSR count). The molecule has 0 bridgehead atoms. The summed E-state index contributed by atoms with van der Waals surface area (Å²) in [6.45, 7) is 4.85. The van der Waals surface area contributed by atoms with E-state index in [2.05, 4.69) is 9.98 Å². The van der Waals surface area contributed by atoms with Gasteiger partial charge in [-0.3, -0.25) is 19.6 Å². The first-order valence-corrected chi connectivity index (χ1v) is 7.65. The lowest BCUT2D eigenvalue weighted by atomic mass is 10.1. The minimum atomic E-state index is 0.376. The number of nitrogens with zero attached hydrogens (tertiary/aromatic N) is 2. The molecule has 3 aromatic rings. The van der Waals surface area contributed by atoms with Crippen LogP contribution in [-0.2, 0) is 0 Å². The molecule has 6 heteroatoms. The molecule has 6 nitrogen and oxygen atoms in total. The van der Waals surface area contributed by atoms with Crippen LogP contribution in [0.1, 0.15) is 34.6 Å². The Morgan fingerprint density at radius 1 is 0.833 bits per heavy atom. The second-order valence-electron chi connectivity index (χ2n) is 5.11. The van der Waals surface area contributed by atoms with Crippen molar-refractivity contribution in [1.29, 1.82) is 0 Å². The lowest BCUT2D eigenvalue weighted by Gasteiger charge is -2.05. The van der Waals surface area contributed by atoms with E-state index < -0.39 is 0 Å². The van der Waals surface area contributed by atoms with Gasteiger partial charge >= 0.3 is 0 Å². The molecule has 2 aromatic heterocycles. The molecular weight excluding hydrogens is 308 g/mol. The summed E-state index contributed by atoms with van der Waals surface area (Å²) in [4.78, 5) is 31.4. The summed E-state index contributed by atoms with van der Waals surface area (Å²) in [5, 5.41) is 2.49. The average molecular weight is 324 g/mol. The molecule has 0 atom stereocenters. The Bertz CT molecular complexity index is 991.